The van der Waals surface area contributed by atoms with E-state index in [1.54, 1.807) is 36.7 Å². The summed E-state index contributed by atoms with van der Waals surface area (Å²) in [4.78, 5) is 47.6. The number of amides is 1. The molecule has 0 unspecified atom stereocenters. The SMILES string of the molecule is COc1ccc(-c2c(C(=O)NCc3cccnc3)c(N)nc3c2c(=O)n(C)c(=O)n3C)cc1OC. The molecular formula is C24H24N6O5. The largest absolute Gasteiger partial charge is 0.493 e. The second-order valence-electron chi connectivity index (χ2n) is 7.77. The molecule has 0 aliphatic heterocycles. The van der Waals surface area contributed by atoms with E-state index in [2.05, 4.69) is 15.3 Å². The highest BCUT2D eigenvalue weighted by molar-refractivity contribution is 6.11. The molecular weight excluding hydrogens is 452 g/mol. The van der Waals surface area contributed by atoms with Gasteiger partial charge in [0.2, 0.25) is 0 Å². The molecule has 0 aliphatic carbocycles. The molecule has 1 aromatic carbocycles. The van der Waals surface area contributed by atoms with Crippen molar-refractivity contribution in [2.45, 2.75) is 6.54 Å². The number of fused-ring (bicyclic) bond motifs is 1. The maximum atomic E-state index is 13.4. The number of carbonyl (C=O) groups is 1. The summed E-state index contributed by atoms with van der Waals surface area (Å²) in [5, 5.41) is 2.88. The van der Waals surface area contributed by atoms with E-state index in [1.165, 1.54) is 32.9 Å². The number of nitrogens with one attached hydrogen (secondary N) is 1. The molecule has 35 heavy (non-hydrogen) atoms. The smallest absolute Gasteiger partial charge is 0.332 e. The van der Waals surface area contributed by atoms with Gasteiger partial charge in [0.1, 0.15) is 5.82 Å². The number of nitrogens with two attached hydrogens (primary N) is 1. The predicted octanol–water partition coefficient (Wildman–Crippen LogP) is 1.22. The number of nitrogens with zero attached hydrogens (tertiary/aromatic N) is 4. The highest BCUT2D eigenvalue weighted by atomic mass is 16.5. The topological polar surface area (TPSA) is 143 Å². The molecule has 0 spiro atoms. The molecule has 3 heterocycles. The molecule has 4 aromatic rings. The number of methoxy groups -OCH3 is 2. The van der Waals surface area contributed by atoms with Gasteiger partial charge < -0.3 is 20.5 Å². The highest BCUT2D eigenvalue weighted by Crippen LogP contribution is 2.37. The molecule has 3 N–H and O–H groups in total. The van der Waals surface area contributed by atoms with E-state index in [4.69, 9.17) is 15.2 Å². The Morgan fingerprint density at radius 1 is 1.09 bits per heavy atom. The van der Waals surface area contributed by atoms with Crippen LogP contribution in [0.1, 0.15) is 15.9 Å². The molecule has 0 saturated carbocycles. The van der Waals surface area contributed by atoms with Crippen LogP contribution in [0.4, 0.5) is 5.82 Å². The molecule has 11 nitrogen and oxygen atoms in total. The summed E-state index contributed by atoms with van der Waals surface area (Å²) in [5.41, 5.74) is 6.62. The first-order valence-corrected chi connectivity index (χ1v) is 10.6. The number of ether oxygens (including phenoxy) is 2. The van der Waals surface area contributed by atoms with Crippen LogP contribution in [-0.2, 0) is 20.6 Å². The van der Waals surface area contributed by atoms with E-state index in [1.807, 2.05) is 6.07 Å². The third kappa shape index (κ3) is 4.07. The lowest BCUT2D eigenvalue weighted by Gasteiger charge is -2.18. The number of benzene rings is 1. The Balaban J connectivity index is 2.03. The summed E-state index contributed by atoms with van der Waals surface area (Å²) < 4.78 is 12.9. The lowest BCUT2D eigenvalue weighted by molar-refractivity contribution is 0.0952. The molecule has 0 aliphatic rings. The fraction of sp³-hybridized carbons (Fsp3) is 0.208. The van der Waals surface area contributed by atoms with Crippen LogP contribution in [0.2, 0.25) is 0 Å². The number of anilines is 1. The zero-order valence-corrected chi connectivity index (χ0v) is 19.7. The lowest BCUT2D eigenvalue weighted by atomic mass is 9.96. The lowest BCUT2D eigenvalue weighted by Crippen LogP contribution is -2.38. The van der Waals surface area contributed by atoms with Crippen LogP contribution in [0.15, 0.2) is 52.3 Å². The van der Waals surface area contributed by atoms with Crippen molar-refractivity contribution in [1.29, 1.82) is 0 Å². The standard InChI is InChI=1S/C24H24N6O5/c1-29-21-19(23(32)30(2)24(29)33)17(14-7-8-15(34-3)16(10-14)35-4)18(20(25)28-21)22(31)27-12-13-6-5-9-26-11-13/h5-11H,12H2,1-4H3,(H2,25,28)(H,27,31). The van der Waals surface area contributed by atoms with Crippen LogP contribution in [0, 0.1) is 0 Å². The first kappa shape index (κ1) is 23.5. The fourth-order valence-electron chi connectivity index (χ4n) is 3.89. The Labute approximate surface area is 199 Å². The Morgan fingerprint density at radius 2 is 1.83 bits per heavy atom. The van der Waals surface area contributed by atoms with E-state index in [0.717, 1.165) is 10.1 Å². The molecule has 11 heteroatoms. The number of pyridine rings is 2. The number of carbonyl (C=O) groups excluding carboxylic acids is 1. The Hall–Kier alpha value is -4.67. The maximum absolute atomic E-state index is 13.4. The van der Waals surface area contributed by atoms with Gasteiger partial charge in [-0.05, 0) is 29.3 Å². The fourth-order valence-corrected chi connectivity index (χ4v) is 3.89. The monoisotopic (exact) mass is 476 g/mol. The van der Waals surface area contributed by atoms with Crippen molar-refractivity contribution < 1.29 is 14.3 Å². The zero-order valence-electron chi connectivity index (χ0n) is 19.7. The van der Waals surface area contributed by atoms with Crippen molar-refractivity contribution >= 4 is 22.8 Å². The predicted molar refractivity (Wildman–Crippen MR) is 131 cm³/mol. The molecule has 4 rings (SSSR count). The average molecular weight is 476 g/mol. The molecule has 0 saturated heterocycles. The maximum Gasteiger partial charge on any atom is 0.332 e. The summed E-state index contributed by atoms with van der Waals surface area (Å²) in [6.07, 6.45) is 3.26. The molecule has 0 fully saturated rings. The number of hydrogen-bond donors (Lipinski definition) is 2. The van der Waals surface area contributed by atoms with Gasteiger partial charge in [0.15, 0.2) is 17.1 Å². The molecule has 1 amide bonds. The summed E-state index contributed by atoms with van der Waals surface area (Å²) >= 11 is 0. The minimum atomic E-state index is -0.610. The number of rotatable bonds is 6. The number of nitrogen functional groups attached to an aromatic ring is 1. The Kier molecular flexibility index (Phi) is 6.24. The van der Waals surface area contributed by atoms with Gasteiger partial charge in [-0.3, -0.25) is 23.7 Å². The van der Waals surface area contributed by atoms with Crippen molar-refractivity contribution in [2.24, 2.45) is 14.1 Å². The number of aromatic nitrogens is 4. The van der Waals surface area contributed by atoms with E-state index in [9.17, 15) is 14.4 Å². The van der Waals surface area contributed by atoms with E-state index < -0.39 is 17.2 Å². The molecule has 180 valence electrons. The van der Waals surface area contributed by atoms with Crippen molar-refractivity contribution in [3.8, 4) is 22.6 Å². The van der Waals surface area contributed by atoms with Crippen LogP contribution >= 0.6 is 0 Å². The van der Waals surface area contributed by atoms with E-state index in [0.29, 0.717) is 17.1 Å². The van der Waals surface area contributed by atoms with Crippen molar-refractivity contribution in [3.63, 3.8) is 0 Å². The highest BCUT2D eigenvalue weighted by Gasteiger charge is 2.26. The molecule has 0 bridgehead atoms. The zero-order chi connectivity index (χ0) is 25.3. The summed E-state index contributed by atoms with van der Waals surface area (Å²) in [7, 11) is 5.82. The van der Waals surface area contributed by atoms with Crippen LogP contribution in [0.5, 0.6) is 11.5 Å². The molecule has 0 atom stereocenters. The normalized spacial score (nSPS) is 10.9. The van der Waals surface area contributed by atoms with Gasteiger partial charge in [-0.2, -0.15) is 0 Å². The van der Waals surface area contributed by atoms with Crippen LogP contribution < -0.4 is 31.8 Å². The second-order valence-corrected chi connectivity index (χ2v) is 7.77. The van der Waals surface area contributed by atoms with E-state index in [-0.39, 0.29) is 34.5 Å². The summed E-state index contributed by atoms with van der Waals surface area (Å²) in [6, 6.07) is 8.54. The minimum Gasteiger partial charge on any atom is -0.493 e. The molecule has 3 aromatic heterocycles. The van der Waals surface area contributed by atoms with Gasteiger partial charge in [0.25, 0.3) is 11.5 Å². The first-order chi connectivity index (χ1) is 16.8. The van der Waals surface area contributed by atoms with Crippen LogP contribution in [0.25, 0.3) is 22.2 Å². The first-order valence-electron chi connectivity index (χ1n) is 10.6. The third-order valence-electron chi connectivity index (χ3n) is 5.69. The van der Waals surface area contributed by atoms with Gasteiger partial charge in [0, 0.05) is 38.6 Å². The Bertz CT molecular complexity index is 1560. The average Bonchev–Trinajstić information content (AvgIpc) is 2.88. The van der Waals surface area contributed by atoms with Crippen molar-refractivity contribution in [2.75, 3.05) is 20.0 Å². The summed E-state index contributed by atoms with van der Waals surface area (Å²) in [6.45, 7) is 0.181. The second kappa shape index (κ2) is 9.29. The van der Waals surface area contributed by atoms with Crippen molar-refractivity contribution in [1.82, 2.24) is 24.4 Å². The Morgan fingerprint density at radius 3 is 2.49 bits per heavy atom. The van der Waals surface area contributed by atoms with Gasteiger partial charge in [-0.1, -0.05) is 12.1 Å². The van der Waals surface area contributed by atoms with Crippen molar-refractivity contribution in [3.05, 3.63) is 74.7 Å². The summed E-state index contributed by atoms with van der Waals surface area (Å²) in [5.74, 6) is 0.179. The van der Waals surface area contributed by atoms with Crippen LogP contribution in [-0.4, -0.2) is 39.2 Å². The van der Waals surface area contributed by atoms with Gasteiger partial charge in [-0.15, -0.1) is 0 Å². The quantitative estimate of drug-likeness (QED) is 0.423. The van der Waals surface area contributed by atoms with Gasteiger partial charge in [0.05, 0.1) is 25.2 Å². The van der Waals surface area contributed by atoms with Gasteiger partial charge >= 0.3 is 5.69 Å². The van der Waals surface area contributed by atoms with Crippen LogP contribution in [0.3, 0.4) is 0 Å². The number of hydrogen-bond acceptors (Lipinski definition) is 8. The minimum absolute atomic E-state index is 0.00404. The third-order valence-corrected chi connectivity index (χ3v) is 5.69. The van der Waals surface area contributed by atoms with E-state index >= 15 is 0 Å². The van der Waals surface area contributed by atoms with Gasteiger partial charge in [-0.25, -0.2) is 9.78 Å². The molecule has 0 radical (unpaired) electrons. The number of aryl methyl sites for hydroxylation is 1.